The van der Waals surface area contributed by atoms with Crippen molar-refractivity contribution < 1.29 is 4.79 Å². The third-order valence-electron chi connectivity index (χ3n) is 5.53. The molecule has 3 heterocycles. The van der Waals surface area contributed by atoms with E-state index in [1.165, 1.54) is 50.8 Å². The number of carbonyl (C=O) groups excluding carboxylic acids is 1. The van der Waals surface area contributed by atoms with Gasteiger partial charge in [0.1, 0.15) is 11.6 Å². The van der Waals surface area contributed by atoms with E-state index in [2.05, 4.69) is 31.9 Å². The lowest BCUT2D eigenvalue weighted by molar-refractivity contribution is 0.102. The lowest BCUT2D eigenvalue weighted by Gasteiger charge is -2.19. The number of carbonyl (C=O) groups is 1. The van der Waals surface area contributed by atoms with Gasteiger partial charge in [0.2, 0.25) is 0 Å². The van der Waals surface area contributed by atoms with Gasteiger partial charge >= 0.3 is 0 Å². The molecule has 1 fully saturated rings. The lowest BCUT2D eigenvalue weighted by Crippen LogP contribution is -2.24. The Morgan fingerprint density at radius 3 is 2.46 bits per heavy atom. The lowest BCUT2D eigenvalue weighted by atomic mass is 10.1. The molecule has 1 aromatic carbocycles. The van der Waals surface area contributed by atoms with Gasteiger partial charge < -0.3 is 9.88 Å². The van der Waals surface area contributed by atoms with Gasteiger partial charge in [-0.15, -0.1) is 0 Å². The van der Waals surface area contributed by atoms with E-state index < -0.39 is 0 Å². The first kappa shape index (κ1) is 17.3. The number of hydrogen-bond donors (Lipinski definition) is 1. The largest absolute Gasteiger partial charge is 0.315 e. The first-order valence-corrected chi connectivity index (χ1v) is 9.97. The summed E-state index contributed by atoms with van der Waals surface area (Å²) in [5, 5.41) is 3.03. The second kappa shape index (κ2) is 8.04. The number of aromatic nitrogens is 2. The average Bonchev–Trinajstić information content (AvgIpc) is 2.89. The first-order valence-electron chi connectivity index (χ1n) is 9.97. The summed E-state index contributed by atoms with van der Waals surface area (Å²) in [6.45, 7) is 4.31. The zero-order valence-corrected chi connectivity index (χ0v) is 15.4. The molecular formula is C21H28N4O. The van der Waals surface area contributed by atoms with Gasteiger partial charge in [0.05, 0.1) is 6.20 Å². The monoisotopic (exact) mass is 352 g/mol. The Hall–Kier alpha value is -2.14. The van der Waals surface area contributed by atoms with Crippen molar-refractivity contribution in [2.75, 3.05) is 18.4 Å². The molecule has 2 aromatic rings. The highest BCUT2D eigenvalue weighted by Crippen LogP contribution is 2.20. The fourth-order valence-corrected chi connectivity index (χ4v) is 4.02. The molecule has 0 saturated carbocycles. The minimum Gasteiger partial charge on any atom is -0.315 e. The molecular weight excluding hydrogens is 324 g/mol. The molecule has 0 atom stereocenters. The third kappa shape index (κ3) is 3.98. The number of aryl methyl sites for hydroxylation is 1. The minimum atomic E-state index is -0.0559. The maximum absolute atomic E-state index is 12.6. The van der Waals surface area contributed by atoms with Crippen molar-refractivity contribution in [2.45, 2.75) is 58.0 Å². The van der Waals surface area contributed by atoms with Crippen LogP contribution in [0.5, 0.6) is 0 Å². The molecule has 5 nitrogen and oxygen atoms in total. The van der Waals surface area contributed by atoms with Gasteiger partial charge in [-0.3, -0.25) is 9.69 Å². The van der Waals surface area contributed by atoms with E-state index in [1.807, 2.05) is 12.1 Å². The molecule has 0 spiro atoms. The van der Waals surface area contributed by atoms with Crippen molar-refractivity contribution in [2.24, 2.45) is 0 Å². The van der Waals surface area contributed by atoms with Crippen molar-refractivity contribution in [3.8, 4) is 0 Å². The van der Waals surface area contributed by atoms with Crippen molar-refractivity contribution in [3.05, 3.63) is 47.4 Å². The molecule has 26 heavy (non-hydrogen) atoms. The molecule has 0 radical (unpaired) electrons. The van der Waals surface area contributed by atoms with E-state index in [0.717, 1.165) is 37.6 Å². The Morgan fingerprint density at radius 1 is 0.962 bits per heavy atom. The van der Waals surface area contributed by atoms with Crippen LogP contribution in [0.25, 0.3) is 0 Å². The van der Waals surface area contributed by atoms with E-state index in [9.17, 15) is 4.79 Å². The molecule has 0 aliphatic carbocycles. The highest BCUT2D eigenvalue weighted by Gasteiger charge is 2.16. The number of hydrogen-bond acceptors (Lipinski definition) is 3. The minimum absolute atomic E-state index is 0.0559. The molecule has 1 N–H and O–H groups in total. The van der Waals surface area contributed by atoms with E-state index in [1.54, 1.807) is 6.20 Å². The van der Waals surface area contributed by atoms with E-state index in [0.29, 0.717) is 5.56 Å². The van der Waals surface area contributed by atoms with E-state index in [-0.39, 0.29) is 5.91 Å². The highest BCUT2D eigenvalue weighted by molar-refractivity contribution is 6.03. The fourth-order valence-electron chi connectivity index (χ4n) is 4.02. The molecule has 2 aliphatic heterocycles. The fraction of sp³-hybridized carbons (Fsp3) is 0.524. The molecule has 0 unspecified atom stereocenters. The van der Waals surface area contributed by atoms with Crippen LogP contribution >= 0.6 is 0 Å². The van der Waals surface area contributed by atoms with Crippen LogP contribution in [0.1, 0.15) is 60.3 Å². The Morgan fingerprint density at radius 2 is 1.69 bits per heavy atom. The molecule has 1 aromatic heterocycles. The Bertz CT molecular complexity index is 742. The van der Waals surface area contributed by atoms with E-state index >= 15 is 0 Å². The maximum Gasteiger partial charge on any atom is 0.256 e. The Kier molecular flexibility index (Phi) is 5.34. The molecule has 4 rings (SSSR count). The topological polar surface area (TPSA) is 50.2 Å². The Labute approximate surface area is 155 Å². The van der Waals surface area contributed by atoms with Crippen molar-refractivity contribution in [1.29, 1.82) is 0 Å². The Balaban J connectivity index is 1.38. The molecule has 2 aliphatic rings. The summed E-state index contributed by atoms with van der Waals surface area (Å²) < 4.78 is 2.13. The SMILES string of the molecule is O=C(Nc1cnc2n1CCCC2)c1ccc(CN2CCCCCC2)cc1. The van der Waals surface area contributed by atoms with Gasteiger partial charge in [0, 0.05) is 25.1 Å². The van der Waals surface area contributed by atoms with Gasteiger partial charge in [0.25, 0.3) is 5.91 Å². The molecule has 138 valence electrons. The number of imidazole rings is 1. The number of likely N-dealkylation sites (tertiary alicyclic amines) is 1. The van der Waals surface area contributed by atoms with Gasteiger partial charge in [-0.05, 0) is 56.5 Å². The summed E-state index contributed by atoms with van der Waals surface area (Å²) >= 11 is 0. The number of nitrogens with zero attached hydrogens (tertiary/aromatic N) is 3. The number of rotatable bonds is 4. The second-order valence-corrected chi connectivity index (χ2v) is 7.51. The van der Waals surface area contributed by atoms with Crippen LogP contribution in [0.3, 0.4) is 0 Å². The summed E-state index contributed by atoms with van der Waals surface area (Å²) in [4.78, 5) is 19.5. The van der Waals surface area contributed by atoms with Gasteiger partial charge in [-0.1, -0.05) is 25.0 Å². The molecule has 1 saturated heterocycles. The zero-order valence-electron chi connectivity index (χ0n) is 15.4. The number of anilines is 1. The number of fused-ring (bicyclic) bond motifs is 1. The first-order chi connectivity index (χ1) is 12.8. The van der Waals surface area contributed by atoms with Crippen LogP contribution < -0.4 is 5.32 Å². The summed E-state index contributed by atoms with van der Waals surface area (Å²) in [6, 6.07) is 8.06. The normalized spacial score (nSPS) is 18.2. The van der Waals surface area contributed by atoms with Crippen LogP contribution in [-0.4, -0.2) is 33.4 Å². The highest BCUT2D eigenvalue weighted by atomic mass is 16.1. The molecule has 5 heteroatoms. The predicted octanol–water partition coefficient (Wildman–Crippen LogP) is 3.85. The zero-order chi connectivity index (χ0) is 17.8. The van der Waals surface area contributed by atoms with Crippen molar-refractivity contribution >= 4 is 11.7 Å². The van der Waals surface area contributed by atoms with Crippen LogP contribution in [0, 0.1) is 0 Å². The quantitative estimate of drug-likeness (QED) is 0.909. The van der Waals surface area contributed by atoms with Crippen LogP contribution in [0.4, 0.5) is 5.82 Å². The standard InChI is InChI=1S/C21H28N4O/c26-21(23-20-15-22-19-7-3-6-14-25(19)20)18-10-8-17(9-11-18)16-24-12-4-1-2-5-13-24/h8-11,15H,1-7,12-14,16H2,(H,23,26). The number of benzene rings is 1. The second-order valence-electron chi connectivity index (χ2n) is 7.51. The molecule has 1 amide bonds. The summed E-state index contributed by atoms with van der Waals surface area (Å²) in [7, 11) is 0. The van der Waals surface area contributed by atoms with Gasteiger partial charge in [-0.2, -0.15) is 0 Å². The number of nitrogens with one attached hydrogen (secondary N) is 1. The van der Waals surface area contributed by atoms with Crippen LogP contribution in [-0.2, 0) is 19.5 Å². The third-order valence-corrected chi connectivity index (χ3v) is 5.53. The summed E-state index contributed by atoms with van der Waals surface area (Å²) in [5.74, 6) is 1.84. The average molecular weight is 352 g/mol. The van der Waals surface area contributed by atoms with Gasteiger partial charge in [-0.25, -0.2) is 4.98 Å². The molecule has 0 bridgehead atoms. The summed E-state index contributed by atoms with van der Waals surface area (Å²) in [5.41, 5.74) is 1.99. The predicted molar refractivity (Wildman–Crippen MR) is 103 cm³/mol. The van der Waals surface area contributed by atoms with Gasteiger partial charge in [0.15, 0.2) is 0 Å². The smallest absolute Gasteiger partial charge is 0.256 e. The maximum atomic E-state index is 12.6. The van der Waals surface area contributed by atoms with Crippen molar-refractivity contribution in [3.63, 3.8) is 0 Å². The van der Waals surface area contributed by atoms with Crippen LogP contribution in [0.2, 0.25) is 0 Å². The number of amides is 1. The van der Waals surface area contributed by atoms with E-state index in [4.69, 9.17) is 0 Å². The summed E-state index contributed by atoms with van der Waals surface area (Å²) in [6.07, 6.45) is 10.4. The van der Waals surface area contributed by atoms with Crippen molar-refractivity contribution in [1.82, 2.24) is 14.5 Å². The van der Waals surface area contributed by atoms with Crippen LogP contribution in [0.15, 0.2) is 30.5 Å².